The van der Waals surface area contributed by atoms with Gasteiger partial charge in [0.25, 0.3) is 0 Å². The molecule has 0 spiro atoms. The van der Waals surface area contributed by atoms with Gasteiger partial charge in [-0.2, -0.15) is 0 Å². The lowest BCUT2D eigenvalue weighted by molar-refractivity contribution is -0.119. The Morgan fingerprint density at radius 1 is 1.60 bits per heavy atom. The highest BCUT2D eigenvalue weighted by atomic mass is 16.5. The Bertz CT molecular complexity index is 420. The number of aliphatic imine (C=N–C) groups is 1. The fourth-order valence-electron chi connectivity index (χ4n) is 1.73. The normalized spacial score (nSPS) is 24.9. The van der Waals surface area contributed by atoms with Crippen LogP contribution in [0.4, 0.5) is 0 Å². The first-order valence-electron chi connectivity index (χ1n) is 4.96. The van der Waals surface area contributed by atoms with Crippen LogP contribution in [-0.4, -0.2) is 28.4 Å². The molecular weight excluding hydrogens is 192 g/mol. The van der Waals surface area contributed by atoms with Gasteiger partial charge < -0.3 is 9.30 Å². The quantitative estimate of drug-likeness (QED) is 0.728. The molecule has 0 N–H and O–H groups in total. The molecule has 2 rings (SSSR count). The van der Waals surface area contributed by atoms with Gasteiger partial charge in [-0.1, -0.05) is 0 Å². The maximum atomic E-state index is 11.3. The Balaban J connectivity index is 2.30. The Labute approximate surface area is 88.6 Å². The summed E-state index contributed by atoms with van der Waals surface area (Å²) in [4.78, 5) is 15.6. The molecule has 0 fully saturated rings. The molecule has 1 aliphatic heterocycles. The number of Topliss-reactive ketones (excluding diaryl/α,β-unsaturated/α-hetero) is 1. The lowest BCUT2D eigenvalue weighted by atomic mass is 10.1. The zero-order chi connectivity index (χ0) is 11.0. The topological polar surface area (TPSA) is 43.6 Å². The van der Waals surface area contributed by atoms with Crippen molar-refractivity contribution in [1.82, 2.24) is 4.57 Å². The van der Waals surface area contributed by atoms with Crippen LogP contribution in [0.3, 0.4) is 0 Å². The number of aromatic nitrogens is 1. The summed E-state index contributed by atoms with van der Waals surface area (Å²) < 4.78 is 7.49. The third kappa shape index (κ3) is 1.67. The highest BCUT2D eigenvalue weighted by molar-refractivity contribution is 5.97. The molecule has 0 unspecified atom stereocenters. The van der Waals surface area contributed by atoms with Crippen LogP contribution >= 0.6 is 0 Å². The van der Waals surface area contributed by atoms with Crippen LogP contribution in [0.25, 0.3) is 0 Å². The zero-order valence-corrected chi connectivity index (χ0v) is 9.10. The molecule has 2 heterocycles. The maximum absolute atomic E-state index is 11.3. The molecule has 1 aromatic rings. The molecule has 1 aromatic heterocycles. The van der Waals surface area contributed by atoms with E-state index in [0.717, 1.165) is 5.69 Å². The van der Waals surface area contributed by atoms with E-state index in [0.29, 0.717) is 5.90 Å². The third-order valence-corrected chi connectivity index (χ3v) is 2.58. The maximum Gasteiger partial charge on any atom is 0.234 e. The number of hydrogen-bond donors (Lipinski definition) is 0. The van der Waals surface area contributed by atoms with E-state index in [1.165, 1.54) is 0 Å². The van der Waals surface area contributed by atoms with E-state index < -0.39 is 0 Å². The van der Waals surface area contributed by atoms with Crippen molar-refractivity contribution in [3.63, 3.8) is 0 Å². The molecule has 15 heavy (non-hydrogen) atoms. The van der Waals surface area contributed by atoms with Crippen molar-refractivity contribution in [3.8, 4) is 0 Å². The van der Waals surface area contributed by atoms with Crippen LogP contribution in [0.15, 0.2) is 23.3 Å². The van der Waals surface area contributed by atoms with E-state index in [4.69, 9.17) is 4.74 Å². The summed E-state index contributed by atoms with van der Waals surface area (Å²) in [6.07, 6.45) is 1.76. The summed E-state index contributed by atoms with van der Waals surface area (Å²) in [7, 11) is 1.92. The molecule has 2 atom stereocenters. The van der Waals surface area contributed by atoms with Crippen LogP contribution in [0.2, 0.25) is 0 Å². The molecule has 1 aliphatic rings. The number of carbonyl (C=O) groups is 1. The van der Waals surface area contributed by atoms with Crippen molar-refractivity contribution in [2.24, 2.45) is 12.0 Å². The smallest absolute Gasteiger partial charge is 0.234 e. The van der Waals surface area contributed by atoms with E-state index in [1.54, 1.807) is 6.92 Å². The fraction of sp³-hybridized carbons (Fsp3) is 0.455. The van der Waals surface area contributed by atoms with Crippen LogP contribution in [0, 0.1) is 0 Å². The van der Waals surface area contributed by atoms with Crippen molar-refractivity contribution in [2.75, 3.05) is 0 Å². The van der Waals surface area contributed by atoms with E-state index in [9.17, 15) is 4.79 Å². The van der Waals surface area contributed by atoms with Gasteiger partial charge in [0, 0.05) is 13.2 Å². The number of carbonyl (C=O) groups excluding carboxylic acids is 1. The van der Waals surface area contributed by atoms with Crippen molar-refractivity contribution >= 4 is 11.7 Å². The first kappa shape index (κ1) is 9.96. The van der Waals surface area contributed by atoms with Crippen LogP contribution in [-0.2, 0) is 16.6 Å². The summed E-state index contributed by atoms with van der Waals surface area (Å²) in [6, 6.07) is 3.50. The largest absolute Gasteiger partial charge is 0.471 e. The molecule has 0 bridgehead atoms. The molecule has 4 nitrogen and oxygen atoms in total. The number of ether oxygens (including phenoxy) is 1. The van der Waals surface area contributed by atoms with Crippen LogP contribution in [0.5, 0.6) is 0 Å². The molecule has 0 saturated carbocycles. The molecule has 0 radical (unpaired) electrons. The van der Waals surface area contributed by atoms with Gasteiger partial charge in [0.15, 0.2) is 5.78 Å². The first-order chi connectivity index (χ1) is 7.09. The summed E-state index contributed by atoms with van der Waals surface area (Å²) in [5, 5.41) is 0. The number of nitrogens with zero attached hydrogens (tertiary/aromatic N) is 2. The predicted molar refractivity (Wildman–Crippen MR) is 57.0 cm³/mol. The van der Waals surface area contributed by atoms with Gasteiger partial charge in [0.05, 0.1) is 0 Å². The van der Waals surface area contributed by atoms with Gasteiger partial charge in [0.1, 0.15) is 17.8 Å². The summed E-state index contributed by atoms with van der Waals surface area (Å²) >= 11 is 0. The SMILES string of the molecule is CC(=O)[C@@H]1N=C(c2cccn2C)O[C@@H]1C. The van der Waals surface area contributed by atoms with Gasteiger partial charge in [-0.3, -0.25) is 4.79 Å². The average Bonchev–Trinajstić information content (AvgIpc) is 2.71. The van der Waals surface area contributed by atoms with Gasteiger partial charge in [-0.25, -0.2) is 4.99 Å². The van der Waals surface area contributed by atoms with Crippen molar-refractivity contribution in [3.05, 3.63) is 24.0 Å². The van der Waals surface area contributed by atoms with Crippen molar-refractivity contribution in [2.45, 2.75) is 26.0 Å². The Morgan fingerprint density at radius 3 is 2.80 bits per heavy atom. The lowest BCUT2D eigenvalue weighted by Gasteiger charge is -2.09. The second-order valence-corrected chi connectivity index (χ2v) is 3.82. The monoisotopic (exact) mass is 206 g/mol. The van der Waals surface area contributed by atoms with Gasteiger partial charge in [-0.15, -0.1) is 0 Å². The molecule has 0 amide bonds. The lowest BCUT2D eigenvalue weighted by Crippen LogP contribution is -2.25. The van der Waals surface area contributed by atoms with E-state index in [1.807, 2.05) is 36.9 Å². The molecule has 80 valence electrons. The first-order valence-corrected chi connectivity index (χ1v) is 4.96. The van der Waals surface area contributed by atoms with E-state index in [-0.39, 0.29) is 17.9 Å². The number of rotatable bonds is 2. The molecule has 0 saturated heterocycles. The third-order valence-electron chi connectivity index (χ3n) is 2.58. The number of ketones is 1. The van der Waals surface area contributed by atoms with Gasteiger partial charge in [0.2, 0.25) is 5.90 Å². The minimum absolute atomic E-state index is 0.0479. The molecule has 0 aromatic carbocycles. The average molecular weight is 206 g/mol. The van der Waals surface area contributed by atoms with Crippen molar-refractivity contribution in [1.29, 1.82) is 0 Å². The summed E-state index contributed by atoms with van der Waals surface area (Å²) in [5.41, 5.74) is 0.908. The highest BCUT2D eigenvalue weighted by Gasteiger charge is 2.31. The second-order valence-electron chi connectivity index (χ2n) is 3.82. The van der Waals surface area contributed by atoms with Crippen molar-refractivity contribution < 1.29 is 9.53 Å². The summed E-state index contributed by atoms with van der Waals surface area (Å²) in [5.74, 6) is 0.613. The highest BCUT2D eigenvalue weighted by Crippen LogP contribution is 2.18. The molecule has 4 heteroatoms. The number of hydrogen-bond acceptors (Lipinski definition) is 3. The van der Waals surface area contributed by atoms with Crippen LogP contribution < -0.4 is 0 Å². The predicted octanol–water partition coefficient (Wildman–Crippen LogP) is 1.15. The van der Waals surface area contributed by atoms with Gasteiger partial charge in [-0.05, 0) is 26.0 Å². The standard InChI is InChI=1S/C11H14N2O2/c1-7(14)10-8(2)15-11(12-10)9-5-4-6-13(9)3/h4-6,8,10H,1-3H3/t8-,10+/m1/s1. The fourth-order valence-corrected chi connectivity index (χ4v) is 1.73. The van der Waals surface area contributed by atoms with Gasteiger partial charge >= 0.3 is 0 Å². The Kier molecular flexibility index (Phi) is 2.34. The number of aryl methyl sites for hydroxylation is 1. The van der Waals surface area contributed by atoms with E-state index >= 15 is 0 Å². The Morgan fingerprint density at radius 2 is 2.33 bits per heavy atom. The second kappa shape index (κ2) is 3.53. The zero-order valence-electron chi connectivity index (χ0n) is 9.10. The minimum atomic E-state index is -0.352. The van der Waals surface area contributed by atoms with E-state index in [2.05, 4.69) is 4.99 Å². The Hall–Kier alpha value is -1.58. The summed E-state index contributed by atoms with van der Waals surface area (Å²) in [6.45, 7) is 3.41. The molecule has 0 aliphatic carbocycles. The minimum Gasteiger partial charge on any atom is -0.471 e. The molecular formula is C11H14N2O2. The van der Waals surface area contributed by atoms with Crippen LogP contribution in [0.1, 0.15) is 19.5 Å².